The summed E-state index contributed by atoms with van der Waals surface area (Å²) in [5.41, 5.74) is 2.38. The molecule has 3 nitrogen and oxygen atoms in total. The molecular weight excluding hydrogens is 304 g/mol. The Bertz CT molecular complexity index is 616. The Hall–Kier alpha value is -1.42. The van der Waals surface area contributed by atoms with Gasteiger partial charge in [0.05, 0.1) is 11.6 Å². The second-order valence-electron chi connectivity index (χ2n) is 5.09. The summed E-state index contributed by atoms with van der Waals surface area (Å²) >= 11 is 3.52. The van der Waals surface area contributed by atoms with Gasteiger partial charge >= 0.3 is 0 Å². The number of benzene rings is 1. The quantitative estimate of drug-likeness (QED) is 0.795. The highest BCUT2D eigenvalue weighted by Gasteiger charge is 2.30. The highest BCUT2D eigenvalue weighted by atomic mass is 79.9. The van der Waals surface area contributed by atoms with Crippen LogP contribution in [0.4, 0.5) is 0 Å². The normalized spacial score (nSPS) is 16.3. The summed E-state index contributed by atoms with van der Waals surface area (Å²) in [5.74, 6) is 0.714. The molecule has 0 spiro atoms. The molecule has 0 amide bonds. The minimum atomic E-state index is 0.370. The number of halogens is 1. The van der Waals surface area contributed by atoms with E-state index < -0.39 is 0 Å². The van der Waals surface area contributed by atoms with Crippen LogP contribution in [0, 0.1) is 5.92 Å². The molecule has 0 saturated heterocycles. The number of hydrogen-bond donors (Lipinski definition) is 0. The third kappa shape index (κ3) is 2.37. The predicted molar refractivity (Wildman–Crippen MR) is 78.2 cm³/mol. The van der Waals surface area contributed by atoms with Gasteiger partial charge < -0.3 is 0 Å². The smallest absolute Gasteiger partial charge is 0.153 e. The number of rotatable bonds is 4. The first kappa shape index (κ1) is 12.6. The summed E-state index contributed by atoms with van der Waals surface area (Å²) in [6.07, 6.45) is 5.28. The SMILES string of the molecule is CC(C1CC1)n1cc(C=O)c(-c2ccccc2Br)n1. The van der Waals surface area contributed by atoms with Crippen LogP contribution in [0.25, 0.3) is 11.3 Å². The van der Waals surface area contributed by atoms with Crippen LogP contribution in [0.2, 0.25) is 0 Å². The lowest BCUT2D eigenvalue weighted by Gasteiger charge is -2.10. The van der Waals surface area contributed by atoms with Crippen LogP contribution in [0.15, 0.2) is 34.9 Å². The van der Waals surface area contributed by atoms with E-state index in [4.69, 9.17) is 0 Å². The van der Waals surface area contributed by atoms with E-state index in [1.54, 1.807) is 0 Å². The average Bonchev–Trinajstić information content (AvgIpc) is 3.18. The van der Waals surface area contributed by atoms with E-state index in [0.29, 0.717) is 17.5 Å². The Kier molecular flexibility index (Phi) is 3.27. The maximum atomic E-state index is 11.3. The van der Waals surface area contributed by atoms with Crippen molar-refractivity contribution in [2.45, 2.75) is 25.8 Å². The molecule has 98 valence electrons. The number of carbonyl (C=O) groups is 1. The van der Waals surface area contributed by atoms with Crippen molar-refractivity contribution in [1.82, 2.24) is 9.78 Å². The van der Waals surface area contributed by atoms with Crippen molar-refractivity contribution >= 4 is 22.2 Å². The van der Waals surface area contributed by atoms with Crippen LogP contribution in [0.5, 0.6) is 0 Å². The molecule has 0 radical (unpaired) electrons. The highest BCUT2D eigenvalue weighted by Crippen LogP contribution is 2.40. The first-order valence-electron chi connectivity index (χ1n) is 6.50. The average molecular weight is 319 g/mol. The van der Waals surface area contributed by atoms with Crippen LogP contribution in [0.1, 0.15) is 36.2 Å². The number of hydrogen-bond acceptors (Lipinski definition) is 2. The first-order chi connectivity index (χ1) is 9.20. The Morgan fingerprint density at radius 2 is 2.16 bits per heavy atom. The lowest BCUT2D eigenvalue weighted by atomic mass is 10.1. The molecule has 4 heteroatoms. The molecule has 3 rings (SSSR count). The van der Waals surface area contributed by atoms with Gasteiger partial charge in [-0.05, 0) is 31.7 Å². The van der Waals surface area contributed by atoms with Crippen LogP contribution in [0.3, 0.4) is 0 Å². The molecule has 1 aliphatic carbocycles. The molecule has 0 aliphatic heterocycles. The van der Waals surface area contributed by atoms with Crippen molar-refractivity contribution in [3.63, 3.8) is 0 Å². The molecule has 1 aliphatic rings. The van der Waals surface area contributed by atoms with Crippen molar-refractivity contribution in [3.8, 4) is 11.3 Å². The molecule has 1 aromatic carbocycles. The molecule has 1 saturated carbocycles. The minimum absolute atomic E-state index is 0.370. The van der Waals surface area contributed by atoms with Crippen molar-refractivity contribution in [1.29, 1.82) is 0 Å². The third-order valence-corrected chi connectivity index (χ3v) is 4.43. The van der Waals surface area contributed by atoms with E-state index in [0.717, 1.165) is 22.0 Å². The van der Waals surface area contributed by atoms with Crippen molar-refractivity contribution in [2.24, 2.45) is 5.92 Å². The Morgan fingerprint density at radius 1 is 1.42 bits per heavy atom. The Balaban J connectivity index is 2.05. The van der Waals surface area contributed by atoms with Gasteiger partial charge in [0, 0.05) is 16.2 Å². The first-order valence-corrected chi connectivity index (χ1v) is 7.29. The summed E-state index contributed by atoms with van der Waals surface area (Å²) in [6, 6.07) is 8.23. The standard InChI is InChI=1S/C15H15BrN2O/c1-10(11-6-7-11)18-8-12(9-19)15(17-18)13-4-2-3-5-14(13)16/h2-5,8-11H,6-7H2,1H3. The second-order valence-corrected chi connectivity index (χ2v) is 5.94. The van der Waals surface area contributed by atoms with Gasteiger partial charge in [0.1, 0.15) is 5.69 Å². The van der Waals surface area contributed by atoms with Crippen molar-refractivity contribution < 1.29 is 4.79 Å². The van der Waals surface area contributed by atoms with Gasteiger partial charge in [0.15, 0.2) is 6.29 Å². The minimum Gasteiger partial charge on any atom is -0.298 e. The lowest BCUT2D eigenvalue weighted by molar-refractivity contribution is 0.112. The van der Waals surface area contributed by atoms with E-state index in [2.05, 4.69) is 28.0 Å². The van der Waals surface area contributed by atoms with Crippen LogP contribution < -0.4 is 0 Å². The maximum absolute atomic E-state index is 11.3. The van der Waals surface area contributed by atoms with Gasteiger partial charge in [-0.3, -0.25) is 9.48 Å². The van der Waals surface area contributed by atoms with Gasteiger partial charge in [-0.15, -0.1) is 0 Å². The zero-order chi connectivity index (χ0) is 13.4. The molecule has 1 aromatic heterocycles. The summed E-state index contributed by atoms with van der Waals surface area (Å²) in [7, 11) is 0. The van der Waals surface area contributed by atoms with E-state index in [-0.39, 0.29) is 0 Å². The molecule has 19 heavy (non-hydrogen) atoms. The summed E-state index contributed by atoms with van der Waals surface area (Å²) in [4.78, 5) is 11.3. The fourth-order valence-electron chi connectivity index (χ4n) is 2.36. The largest absolute Gasteiger partial charge is 0.298 e. The highest BCUT2D eigenvalue weighted by molar-refractivity contribution is 9.10. The Labute approximate surface area is 120 Å². The molecular formula is C15H15BrN2O. The van der Waals surface area contributed by atoms with Crippen LogP contribution in [-0.4, -0.2) is 16.1 Å². The van der Waals surface area contributed by atoms with Crippen molar-refractivity contribution in [3.05, 3.63) is 40.5 Å². The third-order valence-electron chi connectivity index (χ3n) is 3.74. The molecule has 2 aromatic rings. The fourth-order valence-corrected chi connectivity index (χ4v) is 2.83. The van der Waals surface area contributed by atoms with E-state index >= 15 is 0 Å². The molecule has 1 heterocycles. The maximum Gasteiger partial charge on any atom is 0.153 e. The Morgan fingerprint density at radius 3 is 2.79 bits per heavy atom. The lowest BCUT2D eigenvalue weighted by Crippen LogP contribution is -2.07. The predicted octanol–water partition coefficient (Wildman–Crippen LogP) is 4.10. The zero-order valence-corrected chi connectivity index (χ0v) is 12.3. The molecule has 1 fully saturated rings. The number of aldehydes is 1. The van der Waals surface area contributed by atoms with Crippen LogP contribution >= 0.6 is 15.9 Å². The topological polar surface area (TPSA) is 34.9 Å². The van der Waals surface area contributed by atoms with Gasteiger partial charge in [0.25, 0.3) is 0 Å². The van der Waals surface area contributed by atoms with Crippen LogP contribution in [-0.2, 0) is 0 Å². The van der Waals surface area contributed by atoms with Gasteiger partial charge in [-0.25, -0.2) is 0 Å². The van der Waals surface area contributed by atoms with E-state index in [1.165, 1.54) is 12.8 Å². The fraction of sp³-hybridized carbons (Fsp3) is 0.333. The van der Waals surface area contributed by atoms with Gasteiger partial charge in [0.2, 0.25) is 0 Å². The summed E-state index contributed by atoms with van der Waals surface area (Å²) in [6.45, 7) is 2.17. The number of carbonyl (C=O) groups excluding carboxylic acids is 1. The summed E-state index contributed by atoms with van der Waals surface area (Å²) in [5, 5.41) is 4.63. The number of nitrogens with zero attached hydrogens (tertiary/aromatic N) is 2. The summed E-state index contributed by atoms with van der Waals surface area (Å²) < 4.78 is 2.90. The molecule has 0 bridgehead atoms. The van der Waals surface area contributed by atoms with E-state index in [1.807, 2.05) is 35.1 Å². The molecule has 0 N–H and O–H groups in total. The number of aromatic nitrogens is 2. The monoisotopic (exact) mass is 318 g/mol. The van der Waals surface area contributed by atoms with Gasteiger partial charge in [-0.1, -0.05) is 34.1 Å². The molecule has 1 atom stereocenters. The van der Waals surface area contributed by atoms with Gasteiger partial charge in [-0.2, -0.15) is 5.10 Å². The van der Waals surface area contributed by atoms with Crippen molar-refractivity contribution in [2.75, 3.05) is 0 Å². The zero-order valence-electron chi connectivity index (χ0n) is 10.7. The second kappa shape index (κ2) is 4.93. The van der Waals surface area contributed by atoms with E-state index in [9.17, 15) is 4.79 Å². The molecule has 1 unspecified atom stereocenters.